The number of hydrogen-bond donors (Lipinski definition) is 0. The molecule has 27 heavy (non-hydrogen) atoms. The van der Waals surface area contributed by atoms with Crippen molar-refractivity contribution in [2.75, 3.05) is 37.7 Å². The van der Waals surface area contributed by atoms with E-state index in [4.69, 9.17) is 16.3 Å². The lowest BCUT2D eigenvalue weighted by Crippen LogP contribution is -2.50. The number of hydrogen-bond acceptors (Lipinski definition) is 4. The normalized spacial score (nSPS) is 14.2. The van der Waals surface area contributed by atoms with Gasteiger partial charge in [-0.3, -0.25) is 4.79 Å². The molecule has 1 amide bonds. The number of amides is 1. The average molecular weight is 395 g/mol. The number of rotatable bonds is 4. The van der Waals surface area contributed by atoms with Gasteiger partial charge >= 0.3 is 5.97 Å². The highest BCUT2D eigenvalue weighted by atomic mass is 35.5. The monoisotopic (exact) mass is 394 g/mol. The number of anilines is 1. The van der Waals surface area contributed by atoms with Gasteiger partial charge in [0.15, 0.2) is 6.61 Å². The number of carbonyl (C=O) groups excluding carboxylic acids is 2. The van der Waals surface area contributed by atoms with E-state index in [2.05, 4.69) is 0 Å². The lowest BCUT2D eigenvalue weighted by molar-refractivity contribution is -0.134. The minimum atomic E-state index is -0.951. The maximum Gasteiger partial charge on any atom is 0.341 e. The number of halogens is 3. The van der Waals surface area contributed by atoms with Gasteiger partial charge in [-0.05, 0) is 30.3 Å². The summed E-state index contributed by atoms with van der Waals surface area (Å²) < 4.78 is 32.4. The number of ether oxygens (including phenoxy) is 1. The zero-order valence-electron chi connectivity index (χ0n) is 14.3. The van der Waals surface area contributed by atoms with Crippen LogP contribution in [0.1, 0.15) is 10.4 Å². The van der Waals surface area contributed by atoms with Crippen LogP contribution in [0.4, 0.5) is 14.5 Å². The van der Waals surface area contributed by atoms with Crippen LogP contribution in [0, 0.1) is 11.6 Å². The lowest BCUT2D eigenvalue weighted by Gasteiger charge is -2.36. The Kier molecular flexibility index (Phi) is 5.91. The molecular formula is C19H17ClF2N2O3. The Bertz CT molecular complexity index is 855. The molecule has 1 saturated heterocycles. The molecule has 1 aliphatic rings. The number of carbonyl (C=O) groups is 2. The number of esters is 1. The van der Waals surface area contributed by atoms with Crippen LogP contribution in [0.2, 0.25) is 5.02 Å². The molecule has 0 atom stereocenters. The third-order valence-electron chi connectivity index (χ3n) is 4.30. The Hall–Kier alpha value is -2.67. The zero-order valence-corrected chi connectivity index (χ0v) is 15.1. The smallest absolute Gasteiger partial charge is 0.341 e. The molecule has 5 nitrogen and oxygen atoms in total. The first kappa shape index (κ1) is 19.1. The van der Waals surface area contributed by atoms with Crippen molar-refractivity contribution in [3.63, 3.8) is 0 Å². The highest BCUT2D eigenvalue weighted by Gasteiger charge is 2.24. The van der Waals surface area contributed by atoms with Crippen molar-refractivity contribution in [3.8, 4) is 0 Å². The van der Waals surface area contributed by atoms with E-state index < -0.39 is 18.4 Å². The van der Waals surface area contributed by atoms with Crippen molar-refractivity contribution in [2.45, 2.75) is 0 Å². The predicted octanol–water partition coefficient (Wildman–Crippen LogP) is 3.12. The Balaban J connectivity index is 1.52. The molecule has 0 radical (unpaired) electrons. The van der Waals surface area contributed by atoms with Gasteiger partial charge in [-0.25, -0.2) is 13.6 Å². The van der Waals surface area contributed by atoms with Crippen molar-refractivity contribution in [1.29, 1.82) is 0 Å². The Labute approximate surface area is 160 Å². The second-order valence-corrected chi connectivity index (χ2v) is 6.46. The molecule has 3 rings (SSSR count). The molecule has 142 valence electrons. The first-order valence-electron chi connectivity index (χ1n) is 8.35. The molecule has 1 aliphatic heterocycles. The Morgan fingerprint density at radius 1 is 1.00 bits per heavy atom. The highest BCUT2D eigenvalue weighted by molar-refractivity contribution is 6.30. The van der Waals surface area contributed by atoms with Crippen molar-refractivity contribution >= 4 is 29.2 Å². The van der Waals surface area contributed by atoms with Crippen molar-refractivity contribution in [2.24, 2.45) is 0 Å². The standard InChI is InChI=1S/C19H17ClF2N2O3/c20-13-5-6-15(21)14(11-13)19(26)27-12-18(25)24-9-7-23(8-10-24)17-4-2-1-3-16(17)22/h1-6,11H,7-10,12H2. The van der Waals surface area contributed by atoms with E-state index in [1.165, 1.54) is 17.0 Å². The summed E-state index contributed by atoms with van der Waals surface area (Å²) >= 11 is 5.74. The summed E-state index contributed by atoms with van der Waals surface area (Å²) in [5.41, 5.74) is 0.173. The summed E-state index contributed by atoms with van der Waals surface area (Å²) in [6.45, 7) is 1.17. The molecule has 0 saturated carbocycles. The fraction of sp³-hybridized carbons (Fsp3) is 0.263. The second kappa shape index (κ2) is 8.35. The number of nitrogens with zero attached hydrogens (tertiary/aromatic N) is 2. The maximum absolute atomic E-state index is 13.8. The summed E-state index contributed by atoms with van der Waals surface area (Å²) in [5, 5.41) is 0.193. The molecule has 0 aromatic heterocycles. The second-order valence-electron chi connectivity index (χ2n) is 6.02. The molecule has 0 aliphatic carbocycles. The molecule has 0 bridgehead atoms. The van der Waals surface area contributed by atoms with Gasteiger partial charge in [-0.1, -0.05) is 23.7 Å². The van der Waals surface area contributed by atoms with E-state index in [-0.39, 0.29) is 22.3 Å². The van der Waals surface area contributed by atoms with E-state index in [9.17, 15) is 18.4 Å². The highest BCUT2D eigenvalue weighted by Crippen LogP contribution is 2.20. The van der Waals surface area contributed by atoms with Gasteiger partial charge in [0.1, 0.15) is 11.6 Å². The quantitative estimate of drug-likeness (QED) is 0.748. The molecule has 1 heterocycles. The van der Waals surface area contributed by atoms with Crippen molar-refractivity contribution < 1.29 is 23.1 Å². The van der Waals surface area contributed by atoms with Crippen LogP contribution in [-0.4, -0.2) is 49.6 Å². The number of benzene rings is 2. The van der Waals surface area contributed by atoms with Gasteiger partial charge in [0.05, 0.1) is 11.3 Å². The van der Waals surface area contributed by atoms with Gasteiger partial charge in [-0.2, -0.15) is 0 Å². The van der Waals surface area contributed by atoms with Crippen LogP contribution in [0.25, 0.3) is 0 Å². The first-order chi connectivity index (χ1) is 13.0. The van der Waals surface area contributed by atoms with Gasteiger partial charge in [0, 0.05) is 31.2 Å². The van der Waals surface area contributed by atoms with Gasteiger partial charge in [-0.15, -0.1) is 0 Å². The van der Waals surface area contributed by atoms with Crippen molar-refractivity contribution in [1.82, 2.24) is 4.90 Å². The molecule has 2 aromatic rings. The number of piperazine rings is 1. The zero-order chi connectivity index (χ0) is 19.4. The number of para-hydroxylation sites is 1. The molecule has 2 aromatic carbocycles. The fourth-order valence-electron chi connectivity index (χ4n) is 2.86. The predicted molar refractivity (Wildman–Crippen MR) is 96.9 cm³/mol. The molecule has 0 N–H and O–H groups in total. The van der Waals surface area contributed by atoms with Crippen LogP contribution in [0.15, 0.2) is 42.5 Å². The molecule has 0 spiro atoms. The minimum absolute atomic E-state index is 0.193. The van der Waals surface area contributed by atoms with Crippen LogP contribution in [0.5, 0.6) is 0 Å². The Morgan fingerprint density at radius 2 is 1.70 bits per heavy atom. The summed E-state index contributed by atoms with van der Waals surface area (Å²) in [5.74, 6) is -2.42. The SMILES string of the molecule is O=C(OCC(=O)N1CCN(c2ccccc2F)CC1)c1cc(Cl)ccc1F. The van der Waals surface area contributed by atoms with Crippen LogP contribution in [0.3, 0.4) is 0 Å². The van der Waals surface area contributed by atoms with E-state index >= 15 is 0 Å². The lowest BCUT2D eigenvalue weighted by atomic mass is 10.2. The summed E-state index contributed by atoms with van der Waals surface area (Å²) in [6.07, 6.45) is 0. The molecule has 8 heteroatoms. The summed E-state index contributed by atoms with van der Waals surface area (Å²) in [6, 6.07) is 9.98. The topological polar surface area (TPSA) is 49.9 Å². The van der Waals surface area contributed by atoms with Crippen LogP contribution in [-0.2, 0) is 9.53 Å². The third kappa shape index (κ3) is 4.54. The van der Waals surface area contributed by atoms with Crippen LogP contribution >= 0.6 is 11.6 Å². The Morgan fingerprint density at radius 3 is 2.41 bits per heavy atom. The van der Waals surface area contributed by atoms with E-state index in [1.54, 1.807) is 18.2 Å². The molecule has 1 fully saturated rings. The van der Waals surface area contributed by atoms with E-state index in [1.807, 2.05) is 4.90 Å². The fourth-order valence-corrected chi connectivity index (χ4v) is 3.03. The maximum atomic E-state index is 13.8. The first-order valence-corrected chi connectivity index (χ1v) is 8.73. The van der Waals surface area contributed by atoms with E-state index in [0.29, 0.717) is 31.9 Å². The van der Waals surface area contributed by atoms with Crippen molar-refractivity contribution in [3.05, 3.63) is 64.7 Å². The van der Waals surface area contributed by atoms with Crippen LogP contribution < -0.4 is 4.90 Å². The third-order valence-corrected chi connectivity index (χ3v) is 4.54. The molecular weight excluding hydrogens is 378 g/mol. The van der Waals surface area contributed by atoms with Gasteiger partial charge < -0.3 is 14.5 Å². The van der Waals surface area contributed by atoms with Gasteiger partial charge in [0.25, 0.3) is 5.91 Å². The summed E-state index contributed by atoms with van der Waals surface area (Å²) in [7, 11) is 0. The summed E-state index contributed by atoms with van der Waals surface area (Å²) in [4.78, 5) is 27.6. The minimum Gasteiger partial charge on any atom is -0.452 e. The largest absolute Gasteiger partial charge is 0.452 e. The van der Waals surface area contributed by atoms with Gasteiger partial charge in [0.2, 0.25) is 0 Å². The molecule has 0 unspecified atom stereocenters. The van der Waals surface area contributed by atoms with E-state index in [0.717, 1.165) is 12.1 Å². The average Bonchev–Trinajstić information content (AvgIpc) is 2.68.